The molecule has 0 aromatic carbocycles. The van der Waals surface area contributed by atoms with Gasteiger partial charge in [0, 0.05) is 23.8 Å². The first-order valence-corrected chi connectivity index (χ1v) is 13.6. The minimum atomic E-state index is -1.33. The number of hydrogen-bond acceptors (Lipinski definition) is 5. The molecular weight excluding hydrogens is 440 g/mol. The zero-order valence-electron chi connectivity index (χ0n) is 22.7. The number of Topliss-reactive ketones (excluding diaryl/α,β-unsaturated/α-hetero) is 1. The molecule has 0 amide bonds. The van der Waals surface area contributed by atoms with E-state index in [4.69, 9.17) is 4.74 Å². The van der Waals surface area contributed by atoms with Crippen molar-refractivity contribution in [2.24, 2.45) is 33.5 Å². The number of cyclic esters (lactones) is 1. The molecule has 1 aliphatic heterocycles. The highest BCUT2D eigenvalue weighted by molar-refractivity contribution is 5.92. The third-order valence-electron chi connectivity index (χ3n) is 11.7. The molecule has 3 saturated carbocycles. The number of allylic oxidation sites excluding steroid dienone is 3. The normalized spacial score (nSPS) is 45.9. The van der Waals surface area contributed by atoms with Crippen LogP contribution in [0.3, 0.4) is 0 Å². The predicted molar refractivity (Wildman–Crippen MR) is 134 cm³/mol. The molecule has 7 atom stereocenters. The van der Waals surface area contributed by atoms with Crippen molar-refractivity contribution >= 4 is 11.8 Å². The topological polar surface area (TPSA) is 83.8 Å². The van der Waals surface area contributed by atoms with Gasteiger partial charge in [0.1, 0.15) is 18.0 Å². The van der Waals surface area contributed by atoms with E-state index in [9.17, 15) is 19.8 Å². The SMILES string of the molecule is CC(C)(O)[C@@H](O)[C@@H]1C/C(=C2\CC[C@]3(C)C4=CC[C@H]5C(C)(C)C(=O)CC[C@]5(C)[C@H]4CC[C@@]23C)C(=O)O1. The number of ether oxygens (including phenoxy) is 1. The zero-order chi connectivity index (χ0) is 25.8. The van der Waals surface area contributed by atoms with E-state index in [-0.39, 0.29) is 27.6 Å². The summed E-state index contributed by atoms with van der Waals surface area (Å²) in [5, 5.41) is 20.9. The number of aliphatic hydroxyl groups excluding tert-OH is 1. The average molecular weight is 485 g/mol. The minimum Gasteiger partial charge on any atom is -0.456 e. The maximum absolute atomic E-state index is 13.0. The summed E-state index contributed by atoms with van der Waals surface area (Å²) in [4.78, 5) is 25.9. The predicted octanol–water partition coefficient (Wildman–Crippen LogP) is 5.29. The Bertz CT molecular complexity index is 1030. The number of hydrogen-bond donors (Lipinski definition) is 2. The van der Waals surface area contributed by atoms with E-state index in [1.807, 2.05) is 0 Å². The van der Waals surface area contributed by atoms with Crippen LogP contribution in [-0.2, 0) is 14.3 Å². The van der Waals surface area contributed by atoms with Gasteiger partial charge in [0.2, 0.25) is 0 Å². The van der Waals surface area contributed by atoms with Crippen molar-refractivity contribution in [2.45, 2.75) is 118 Å². The largest absolute Gasteiger partial charge is 0.456 e. The summed E-state index contributed by atoms with van der Waals surface area (Å²) in [6, 6.07) is 0. The van der Waals surface area contributed by atoms with Crippen LogP contribution >= 0.6 is 0 Å². The molecule has 0 unspecified atom stereocenters. The molecule has 194 valence electrons. The van der Waals surface area contributed by atoms with Crippen LogP contribution in [0.4, 0.5) is 0 Å². The van der Waals surface area contributed by atoms with Crippen molar-refractivity contribution in [3.8, 4) is 0 Å². The number of aliphatic hydroxyl groups is 2. The molecule has 0 radical (unpaired) electrons. The quantitative estimate of drug-likeness (QED) is 0.316. The Kier molecular flexibility index (Phi) is 5.43. The fraction of sp³-hybridized carbons (Fsp3) is 0.800. The summed E-state index contributed by atoms with van der Waals surface area (Å²) in [5.74, 6) is 0.958. The molecule has 0 spiro atoms. The number of carbonyl (C=O) groups is 2. The van der Waals surface area contributed by atoms with Crippen LogP contribution in [0.15, 0.2) is 22.8 Å². The van der Waals surface area contributed by atoms with E-state index >= 15 is 0 Å². The number of ketones is 1. The van der Waals surface area contributed by atoms with Crippen molar-refractivity contribution < 1.29 is 24.5 Å². The molecule has 35 heavy (non-hydrogen) atoms. The second-order valence-corrected chi connectivity index (χ2v) is 14.1. The maximum Gasteiger partial charge on any atom is 0.334 e. The molecule has 0 bridgehead atoms. The van der Waals surface area contributed by atoms with Crippen LogP contribution in [0.25, 0.3) is 0 Å². The van der Waals surface area contributed by atoms with Gasteiger partial charge in [0.25, 0.3) is 0 Å². The van der Waals surface area contributed by atoms with Crippen LogP contribution in [0.5, 0.6) is 0 Å². The highest BCUT2D eigenvalue weighted by atomic mass is 16.6. The summed E-state index contributed by atoms with van der Waals surface area (Å²) >= 11 is 0. The molecular formula is C30H44O5. The maximum atomic E-state index is 13.0. The van der Waals surface area contributed by atoms with E-state index in [1.54, 1.807) is 19.4 Å². The van der Waals surface area contributed by atoms with Crippen molar-refractivity contribution in [3.63, 3.8) is 0 Å². The Morgan fingerprint density at radius 3 is 2.37 bits per heavy atom. The second-order valence-electron chi connectivity index (χ2n) is 14.1. The molecule has 1 heterocycles. The lowest BCUT2D eigenvalue weighted by Crippen LogP contribution is -2.56. The van der Waals surface area contributed by atoms with Crippen LogP contribution in [0, 0.1) is 33.5 Å². The van der Waals surface area contributed by atoms with Crippen LogP contribution in [0.1, 0.15) is 99.8 Å². The fourth-order valence-corrected chi connectivity index (χ4v) is 9.19. The van der Waals surface area contributed by atoms with Gasteiger partial charge in [-0.1, -0.05) is 51.8 Å². The summed E-state index contributed by atoms with van der Waals surface area (Å²) in [6.07, 6.45) is 7.64. The van der Waals surface area contributed by atoms with Crippen LogP contribution < -0.4 is 0 Å². The standard InChI is InChI=1S/C30H44O5/c1-26(2)22-9-8-20-19(28(22,5)13-12-23(26)31)11-15-29(6)18(10-14-30(20,29)7)17-16-21(35-25(17)33)24(32)27(3,4)34/h8,19,21-22,24,32,34H,9-16H2,1-7H3/b18-17-/t19-,21-,22-,24-,28+,29-,30+/m0/s1. The van der Waals surface area contributed by atoms with Gasteiger partial charge in [-0.3, -0.25) is 4.79 Å². The molecule has 5 nitrogen and oxygen atoms in total. The molecule has 5 rings (SSSR count). The number of fused-ring (bicyclic) bond motifs is 5. The number of carbonyl (C=O) groups excluding carboxylic acids is 2. The summed E-state index contributed by atoms with van der Waals surface area (Å²) in [5.41, 5.74) is 1.89. The van der Waals surface area contributed by atoms with Gasteiger partial charge in [-0.25, -0.2) is 4.79 Å². The lowest BCUT2D eigenvalue weighted by molar-refractivity contribution is -0.153. The van der Waals surface area contributed by atoms with Gasteiger partial charge < -0.3 is 14.9 Å². The third kappa shape index (κ3) is 3.26. The van der Waals surface area contributed by atoms with E-state index in [0.717, 1.165) is 44.1 Å². The highest BCUT2D eigenvalue weighted by Crippen LogP contribution is 2.72. The molecule has 1 saturated heterocycles. The average Bonchev–Trinajstić information content (AvgIpc) is 3.26. The number of esters is 1. The van der Waals surface area contributed by atoms with Crippen LogP contribution in [0.2, 0.25) is 0 Å². The van der Waals surface area contributed by atoms with E-state index in [1.165, 1.54) is 5.57 Å². The molecule has 4 aliphatic carbocycles. The smallest absolute Gasteiger partial charge is 0.334 e. The van der Waals surface area contributed by atoms with Gasteiger partial charge in [-0.05, 0) is 80.5 Å². The van der Waals surface area contributed by atoms with Crippen molar-refractivity contribution in [3.05, 3.63) is 22.8 Å². The number of rotatable bonds is 2. The lowest BCUT2D eigenvalue weighted by Gasteiger charge is -2.62. The van der Waals surface area contributed by atoms with Gasteiger partial charge in [-0.2, -0.15) is 0 Å². The van der Waals surface area contributed by atoms with E-state index in [2.05, 4.69) is 40.7 Å². The zero-order valence-corrected chi connectivity index (χ0v) is 22.7. The van der Waals surface area contributed by atoms with E-state index in [0.29, 0.717) is 30.5 Å². The first kappa shape index (κ1) is 25.2. The van der Waals surface area contributed by atoms with Gasteiger partial charge >= 0.3 is 5.97 Å². The van der Waals surface area contributed by atoms with E-state index < -0.39 is 17.8 Å². The van der Waals surface area contributed by atoms with Crippen molar-refractivity contribution in [1.29, 1.82) is 0 Å². The molecule has 4 fully saturated rings. The Labute approximate surface area is 210 Å². The Balaban J connectivity index is 1.51. The first-order valence-electron chi connectivity index (χ1n) is 13.6. The molecule has 5 aliphatic rings. The monoisotopic (exact) mass is 484 g/mol. The van der Waals surface area contributed by atoms with Gasteiger partial charge in [0.05, 0.1) is 5.60 Å². The Hall–Kier alpha value is -1.46. The van der Waals surface area contributed by atoms with Gasteiger partial charge in [0.15, 0.2) is 0 Å². The van der Waals surface area contributed by atoms with Crippen molar-refractivity contribution in [1.82, 2.24) is 0 Å². The third-order valence-corrected chi connectivity index (χ3v) is 11.7. The Morgan fingerprint density at radius 2 is 1.71 bits per heavy atom. The molecule has 5 heteroatoms. The highest BCUT2D eigenvalue weighted by Gasteiger charge is 2.64. The second kappa shape index (κ2) is 7.54. The van der Waals surface area contributed by atoms with Crippen LogP contribution in [-0.4, -0.2) is 39.8 Å². The van der Waals surface area contributed by atoms with Gasteiger partial charge in [-0.15, -0.1) is 0 Å². The molecule has 0 aromatic rings. The fourth-order valence-electron chi connectivity index (χ4n) is 9.19. The first-order chi connectivity index (χ1) is 16.1. The van der Waals surface area contributed by atoms with Crippen molar-refractivity contribution in [2.75, 3.05) is 0 Å². The lowest BCUT2D eigenvalue weighted by atomic mass is 9.41. The molecule has 2 N–H and O–H groups in total. The summed E-state index contributed by atoms with van der Waals surface area (Å²) < 4.78 is 5.61. The Morgan fingerprint density at radius 1 is 1.03 bits per heavy atom. The molecule has 0 aromatic heterocycles. The minimum absolute atomic E-state index is 0.0228. The summed E-state index contributed by atoms with van der Waals surface area (Å²) in [7, 11) is 0. The summed E-state index contributed by atoms with van der Waals surface area (Å²) in [6.45, 7) is 14.6.